The van der Waals surface area contributed by atoms with Crippen molar-refractivity contribution in [2.45, 2.75) is 65.4 Å². The molecule has 90 valence electrons. The maximum Gasteiger partial charge on any atom is 0.125 e. The van der Waals surface area contributed by atoms with Crippen LogP contribution < -0.4 is 0 Å². The fraction of sp³-hybridized carbons (Fsp3) is 0.923. The van der Waals surface area contributed by atoms with Gasteiger partial charge in [0.1, 0.15) is 6.29 Å². The van der Waals surface area contributed by atoms with Gasteiger partial charge in [-0.2, -0.15) is 0 Å². The van der Waals surface area contributed by atoms with Crippen LogP contribution in [0.5, 0.6) is 0 Å². The first-order valence-corrected chi connectivity index (χ1v) is 6.30. The van der Waals surface area contributed by atoms with E-state index >= 15 is 0 Å². The molecule has 0 aliphatic carbocycles. The van der Waals surface area contributed by atoms with E-state index in [1.165, 1.54) is 0 Å². The number of rotatable bonds is 9. The first-order valence-electron chi connectivity index (χ1n) is 6.30. The molecular weight excluding hydrogens is 188 g/mol. The number of aliphatic hydroxyl groups is 1. The summed E-state index contributed by atoms with van der Waals surface area (Å²) in [5.41, 5.74) is 0. The van der Waals surface area contributed by atoms with Gasteiger partial charge in [-0.3, -0.25) is 0 Å². The Balaban J connectivity index is 3.99. The van der Waals surface area contributed by atoms with E-state index in [4.69, 9.17) is 0 Å². The predicted octanol–water partition coefficient (Wildman–Crippen LogP) is 3.18. The van der Waals surface area contributed by atoms with Crippen molar-refractivity contribution in [3.63, 3.8) is 0 Å². The number of aliphatic hydroxyl groups excluding tert-OH is 1. The Hall–Kier alpha value is -0.370. The lowest BCUT2D eigenvalue weighted by Crippen LogP contribution is -2.28. The molecule has 0 aliphatic rings. The molecule has 0 aromatic carbocycles. The minimum absolute atomic E-state index is 0.156. The van der Waals surface area contributed by atoms with Gasteiger partial charge in [-0.05, 0) is 18.8 Å². The molecule has 2 heteroatoms. The zero-order valence-electron chi connectivity index (χ0n) is 10.4. The van der Waals surface area contributed by atoms with Crippen molar-refractivity contribution in [1.29, 1.82) is 0 Å². The molecule has 1 N–H and O–H groups in total. The highest BCUT2D eigenvalue weighted by Crippen LogP contribution is 2.21. The number of hydrogen-bond donors (Lipinski definition) is 1. The maximum absolute atomic E-state index is 10.9. The molecular formula is C13H26O2. The van der Waals surface area contributed by atoms with Gasteiger partial charge in [-0.1, -0.05) is 46.5 Å². The number of unbranched alkanes of at least 4 members (excludes halogenated alkanes) is 2. The Morgan fingerprint density at radius 3 is 2.13 bits per heavy atom. The molecule has 0 spiro atoms. The Kier molecular flexibility index (Phi) is 8.68. The van der Waals surface area contributed by atoms with Crippen LogP contribution in [0.4, 0.5) is 0 Å². The van der Waals surface area contributed by atoms with Crippen LogP contribution in [-0.2, 0) is 4.79 Å². The first kappa shape index (κ1) is 14.6. The second kappa shape index (κ2) is 8.90. The summed E-state index contributed by atoms with van der Waals surface area (Å²) in [6.07, 6.45) is 6.74. The van der Waals surface area contributed by atoms with Crippen molar-refractivity contribution in [1.82, 2.24) is 0 Å². The van der Waals surface area contributed by atoms with Gasteiger partial charge in [-0.15, -0.1) is 0 Å². The van der Waals surface area contributed by atoms with E-state index in [9.17, 15) is 9.90 Å². The van der Waals surface area contributed by atoms with Crippen molar-refractivity contribution >= 4 is 6.29 Å². The SMILES string of the molecule is CCCC[C@H](C)[C@H](O)[C@@H](C=O)CCCC. The molecule has 0 bridgehead atoms. The average molecular weight is 214 g/mol. The number of carbonyl (C=O) groups is 1. The molecule has 0 aromatic rings. The lowest BCUT2D eigenvalue weighted by Gasteiger charge is -2.23. The van der Waals surface area contributed by atoms with E-state index in [1.807, 2.05) is 6.92 Å². The summed E-state index contributed by atoms with van der Waals surface area (Å²) < 4.78 is 0. The quantitative estimate of drug-likeness (QED) is 0.598. The number of aldehydes is 1. The van der Waals surface area contributed by atoms with Gasteiger partial charge in [0, 0.05) is 5.92 Å². The van der Waals surface area contributed by atoms with E-state index < -0.39 is 6.10 Å². The lowest BCUT2D eigenvalue weighted by atomic mass is 9.86. The fourth-order valence-corrected chi connectivity index (χ4v) is 1.88. The summed E-state index contributed by atoms with van der Waals surface area (Å²) in [4.78, 5) is 10.9. The third-order valence-corrected chi connectivity index (χ3v) is 3.10. The highest BCUT2D eigenvalue weighted by Gasteiger charge is 2.23. The highest BCUT2D eigenvalue weighted by atomic mass is 16.3. The smallest absolute Gasteiger partial charge is 0.125 e. The van der Waals surface area contributed by atoms with Crippen molar-refractivity contribution in [3.05, 3.63) is 0 Å². The van der Waals surface area contributed by atoms with Crippen molar-refractivity contribution < 1.29 is 9.90 Å². The molecule has 0 unspecified atom stereocenters. The minimum atomic E-state index is -0.444. The molecule has 0 aliphatic heterocycles. The van der Waals surface area contributed by atoms with E-state index in [1.54, 1.807) is 0 Å². The molecule has 0 saturated heterocycles. The van der Waals surface area contributed by atoms with Crippen LogP contribution in [0.2, 0.25) is 0 Å². The zero-order valence-corrected chi connectivity index (χ0v) is 10.4. The van der Waals surface area contributed by atoms with E-state index in [0.717, 1.165) is 44.8 Å². The molecule has 0 fully saturated rings. The van der Waals surface area contributed by atoms with Crippen LogP contribution in [0.1, 0.15) is 59.3 Å². The van der Waals surface area contributed by atoms with Gasteiger partial charge in [0.05, 0.1) is 6.10 Å². The van der Waals surface area contributed by atoms with Gasteiger partial charge in [0.15, 0.2) is 0 Å². The fourth-order valence-electron chi connectivity index (χ4n) is 1.88. The maximum atomic E-state index is 10.9. The standard InChI is InChI=1S/C13H26O2/c1-4-6-8-11(3)13(15)12(10-14)9-7-5-2/h10-13,15H,4-9H2,1-3H3/t11-,12+,13-/m0/s1. The van der Waals surface area contributed by atoms with Crippen LogP contribution in [0.25, 0.3) is 0 Å². The number of carbonyl (C=O) groups excluding carboxylic acids is 1. The summed E-state index contributed by atoms with van der Waals surface area (Å²) in [5, 5.41) is 10.00. The van der Waals surface area contributed by atoms with Crippen molar-refractivity contribution in [3.8, 4) is 0 Å². The normalized spacial score (nSPS) is 17.1. The summed E-state index contributed by atoms with van der Waals surface area (Å²) >= 11 is 0. The summed E-state index contributed by atoms with van der Waals surface area (Å²) in [7, 11) is 0. The average Bonchev–Trinajstić information content (AvgIpc) is 2.26. The molecule has 0 heterocycles. The largest absolute Gasteiger partial charge is 0.392 e. The Labute approximate surface area is 94.1 Å². The lowest BCUT2D eigenvalue weighted by molar-refractivity contribution is -0.115. The molecule has 0 saturated carbocycles. The second-order valence-electron chi connectivity index (χ2n) is 4.55. The van der Waals surface area contributed by atoms with E-state index in [0.29, 0.717) is 0 Å². The van der Waals surface area contributed by atoms with Crippen LogP contribution >= 0.6 is 0 Å². The zero-order chi connectivity index (χ0) is 11.7. The predicted molar refractivity (Wildman–Crippen MR) is 63.8 cm³/mol. The molecule has 3 atom stereocenters. The molecule has 0 rings (SSSR count). The molecule has 0 aromatic heterocycles. The van der Waals surface area contributed by atoms with Crippen molar-refractivity contribution in [2.75, 3.05) is 0 Å². The third-order valence-electron chi connectivity index (χ3n) is 3.10. The monoisotopic (exact) mass is 214 g/mol. The van der Waals surface area contributed by atoms with Crippen LogP contribution in [0, 0.1) is 11.8 Å². The summed E-state index contributed by atoms with van der Waals surface area (Å²) in [6.45, 7) is 6.30. The molecule has 2 nitrogen and oxygen atoms in total. The Morgan fingerprint density at radius 2 is 1.67 bits per heavy atom. The van der Waals surface area contributed by atoms with Gasteiger partial charge in [-0.25, -0.2) is 0 Å². The highest BCUT2D eigenvalue weighted by molar-refractivity contribution is 5.54. The topological polar surface area (TPSA) is 37.3 Å². The second-order valence-corrected chi connectivity index (χ2v) is 4.55. The van der Waals surface area contributed by atoms with Gasteiger partial charge < -0.3 is 9.90 Å². The molecule has 0 amide bonds. The number of hydrogen-bond acceptors (Lipinski definition) is 2. The molecule has 0 radical (unpaired) electrons. The first-order chi connectivity index (χ1) is 7.17. The minimum Gasteiger partial charge on any atom is -0.392 e. The van der Waals surface area contributed by atoms with Gasteiger partial charge >= 0.3 is 0 Å². The van der Waals surface area contributed by atoms with Crippen LogP contribution in [0.15, 0.2) is 0 Å². The van der Waals surface area contributed by atoms with Crippen molar-refractivity contribution in [2.24, 2.45) is 11.8 Å². The summed E-state index contributed by atoms with van der Waals surface area (Å²) in [5.74, 6) is 0.0915. The third kappa shape index (κ3) is 5.93. The van der Waals surface area contributed by atoms with Crippen LogP contribution in [0.3, 0.4) is 0 Å². The van der Waals surface area contributed by atoms with E-state index in [-0.39, 0.29) is 11.8 Å². The summed E-state index contributed by atoms with van der Waals surface area (Å²) in [6, 6.07) is 0. The van der Waals surface area contributed by atoms with Crippen LogP contribution in [-0.4, -0.2) is 17.5 Å². The van der Waals surface area contributed by atoms with E-state index in [2.05, 4.69) is 13.8 Å². The Morgan fingerprint density at radius 1 is 1.13 bits per heavy atom. The van der Waals surface area contributed by atoms with Gasteiger partial charge in [0.25, 0.3) is 0 Å². The van der Waals surface area contributed by atoms with Gasteiger partial charge in [0.2, 0.25) is 0 Å². The Bertz CT molecular complexity index is 157. The molecule has 15 heavy (non-hydrogen) atoms.